The highest BCUT2D eigenvalue weighted by molar-refractivity contribution is 7.11. The first kappa shape index (κ1) is 18.9. The summed E-state index contributed by atoms with van der Waals surface area (Å²) in [5.41, 5.74) is 0. The number of fused-ring (bicyclic) bond motifs is 1. The first-order chi connectivity index (χ1) is 13.1. The highest BCUT2D eigenvalue weighted by atomic mass is 32.1. The highest BCUT2D eigenvalue weighted by Crippen LogP contribution is 2.24. The Bertz CT molecular complexity index is 685. The molecule has 3 aliphatic rings. The Morgan fingerprint density at radius 3 is 2.41 bits per heavy atom. The Kier molecular flexibility index (Phi) is 5.80. The number of thiophene rings is 1. The maximum Gasteiger partial charge on any atom is 0.245 e. The van der Waals surface area contributed by atoms with Crippen LogP contribution in [0.4, 0.5) is 0 Å². The molecule has 7 heteroatoms. The number of carbonyl (C=O) groups is 2. The molecule has 2 atom stereocenters. The molecule has 0 bridgehead atoms. The quantitative estimate of drug-likeness (QED) is 0.831. The van der Waals surface area contributed by atoms with Gasteiger partial charge < -0.3 is 10.2 Å². The van der Waals surface area contributed by atoms with Crippen LogP contribution in [0.15, 0.2) is 12.1 Å². The molecule has 2 amide bonds. The minimum absolute atomic E-state index is 0.00289. The van der Waals surface area contributed by atoms with Crippen LogP contribution in [0.5, 0.6) is 0 Å². The van der Waals surface area contributed by atoms with Crippen molar-refractivity contribution in [3.8, 4) is 0 Å². The van der Waals surface area contributed by atoms with E-state index in [9.17, 15) is 9.59 Å². The van der Waals surface area contributed by atoms with Crippen LogP contribution in [-0.2, 0) is 22.7 Å². The Morgan fingerprint density at radius 1 is 1.00 bits per heavy atom. The van der Waals surface area contributed by atoms with Gasteiger partial charge in [-0.25, -0.2) is 0 Å². The van der Waals surface area contributed by atoms with Gasteiger partial charge in [0, 0.05) is 42.5 Å². The summed E-state index contributed by atoms with van der Waals surface area (Å²) in [4.78, 5) is 34.4. The molecular formula is C20H30N4O2S. The van der Waals surface area contributed by atoms with Crippen molar-refractivity contribution >= 4 is 23.2 Å². The van der Waals surface area contributed by atoms with Crippen LogP contribution < -0.4 is 5.32 Å². The Labute approximate surface area is 165 Å². The second kappa shape index (κ2) is 8.29. The molecule has 1 N–H and O–H groups in total. The lowest BCUT2D eigenvalue weighted by atomic mass is 10.0. The van der Waals surface area contributed by atoms with E-state index in [1.807, 2.05) is 18.3 Å². The third-order valence-electron chi connectivity index (χ3n) is 6.00. The Morgan fingerprint density at radius 2 is 1.70 bits per heavy atom. The zero-order chi connectivity index (χ0) is 18.8. The van der Waals surface area contributed by atoms with E-state index in [-0.39, 0.29) is 23.9 Å². The van der Waals surface area contributed by atoms with Gasteiger partial charge in [0.2, 0.25) is 11.8 Å². The highest BCUT2D eigenvalue weighted by Gasteiger charge is 2.42. The van der Waals surface area contributed by atoms with Gasteiger partial charge in [0.05, 0.1) is 0 Å². The van der Waals surface area contributed by atoms with Crippen LogP contribution in [0.3, 0.4) is 0 Å². The maximum atomic E-state index is 12.5. The molecule has 0 unspecified atom stereocenters. The largest absolute Gasteiger partial charge is 0.342 e. The molecule has 4 heterocycles. The molecule has 0 saturated carbocycles. The fourth-order valence-electron chi connectivity index (χ4n) is 4.43. The van der Waals surface area contributed by atoms with E-state index in [1.165, 1.54) is 42.1 Å². The summed E-state index contributed by atoms with van der Waals surface area (Å²) < 4.78 is 0. The van der Waals surface area contributed by atoms with Crippen LogP contribution in [-0.4, -0.2) is 71.3 Å². The molecular weight excluding hydrogens is 360 g/mol. The van der Waals surface area contributed by atoms with Gasteiger partial charge in [0.15, 0.2) is 0 Å². The van der Waals surface area contributed by atoms with Crippen molar-refractivity contribution < 1.29 is 9.59 Å². The van der Waals surface area contributed by atoms with Gasteiger partial charge in [-0.15, -0.1) is 11.3 Å². The van der Waals surface area contributed by atoms with Crippen molar-refractivity contribution in [3.63, 3.8) is 0 Å². The van der Waals surface area contributed by atoms with Crippen LogP contribution in [0.25, 0.3) is 0 Å². The van der Waals surface area contributed by atoms with Gasteiger partial charge in [-0.1, -0.05) is 13.3 Å². The molecule has 0 radical (unpaired) electrons. The van der Waals surface area contributed by atoms with Gasteiger partial charge in [0.25, 0.3) is 0 Å². The zero-order valence-corrected chi connectivity index (χ0v) is 17.0. The van der Waals surface area contributed by atoms with E-state index >= 15 is 0 Å². The standard InChI is InChI=1S/C20H30N4O2S/c1-2-17-20(26)24-11-10-23(14-18(24)19(25)21-17)13-16-7-6-15(27-16)12-22-8-4-3-5-9-22/h6-7,17-18H,2-5,8-14H2,1H3,(H,21,25)/t17-,18+/m0/s1. The van der Waals surface area contributed by atoms with Gasteiger partial charge in [-0.05, 0) is 44.5 Å². The molecule has 4 rings (SSSR count). The normalized spacial score (nSPS) is 27.5. The van der Waals surface area contributed by atoms with E-state index in [0.29, 0.717) is 19.5 Å². The van der Waals surface area contributed by atoms with Crippen LogP contribution in [0.2, 0.25) is 0 Å². The summed E-state index contributed by atoms with van der Waals surface area (Å²) in [6, 6.07) is 3.82. The van der Waals surface area contributed by atoms with Crippen molar-refractivity contribution in [1.29, 1.82) is 0 Å². The predicted molar refractivity (Wildman–Crippen MR) is 106 cm³/mol. The third-order valence-corrected chi connectivity index (χ3v) is 7.05. The Balaban J connectivity index is 1.33. The molecule has 1 aromatic heterocycles. The minimum Gasteiger partial charge on any atom is -0.342 e. The van der Waals surface area contributed by atoms with Crippen LogP contribution in [0.1, 0.15) is 42.4 Å². The third kappa shape index (κ3) is 4.20. The molecule has 3 fully saturated rings. The maximum absolute atomic E-state index is 12.5. The first-order valence-electron chi connectivity index (χ1n) is 10.3. The molecule has 27 heavy (non-hydrogen) atoms. The van der Waals surface area contributed by atoms with Crippen molar-refractivity contribution in [3.05, 3.63) is 21.9 Å². The predicted octanol–water partition coefficient (Wildman–Crippen LogP) is 1.66. The van der Waals surface area contributed by atoms with E-state index < -0.39 is 0 Å². The number of hydrogen-bond donors (Lipinski definition) is 1. The SMILES string of the molecule is CC[C@@H]1NC(=O)[C@H]2CN(Cc3ccc(CN4CCCCC4)s3)CCN2C1=O. The first-order valence-corrected chi connectivity index (χ1v) is 11.1. The lowest BCUT2D eigenvalue weighted by Crippen LogP contribution is -2.68. The fraction of sp³-hybridized carbons (Fsp3) is 0.700. The molecule has 3 saturated heterocycles. The molecule has 6 nitrogen and oxygen atoms in total. The van der Waals surface area contributed by atoms with Gasteiger partial charge in [-0.3, -0.25) is 19.4 Å². The number of rotatable bonds is 5. The monoisotopic (exact) mass is 390 g/mol. The summed E-state index contributed by atoms with van der Waals surface area (Å²) in [5, 5.41) is 2.89. The smallest absolute Gasteiger partial charge is 0.245 e. The fourth-order valence-corrected chi connectivity index (χ4v) is 5.53. The number of likely N-dealkylation sites (tertiary alicyclic amines) is 1. The summed E-state index contributed by atoms with van der Waals surface area (Å²) in [6.45, 7) is 8.44. The number of amides is 2. The molecule has 0 aromatic carbocycles. The molecule has 0 aliphatic carbocycles. The lowest BCUT2D eigenvalue weighted by molar-refractivity contribution is -0.153. The number of piperazine rings is 2. The van der Waals surface area contributed by atoms with Gasteiger partial charge >= 0.3 is 0 Å². The van der Waals surface area contributed by atoms with Crippen molar-refractivity contribution in [1.82, 2.24) is 20.0 Å². The number of piperidine rings is 1. The van der Waals surface area contributed by atoms with E-state index in [2.05, 4.69) is 27.2 Å². The number of nitrogens with one attached hydrogen (secondary N) is 1. The molecule has 1 aromatic rings. The molecule has 0 spiro atoms. The van der Waals surface area contributed by atoms with Gasteiger partial charge in [0.1, 0.15) is 12.1 Å². The van der Waals surface area contributed by atoms with E-state index in [1.54, 1.807) is 4.90 Å². The number of nitrogens with zero attached hydrogens (tertiary/aromatic N) is 3. The van der Waals surface area contributed by atoms with E-state index in [0.717, 1.165) is 19.6 Å². The number of carbonyl (C=O) groups excluding carboxylic acids is 2. The van der Waals surface area contributed by atoms with Crippen molar-refractivity contribution in [2.45, 2.75) is 57.8 Å². The van der Waals surface area contributed by atoms with Crippen molar-refractivity contribution in [2.24, 2.45) is 0 Å². The summed E-state index contributed by atoms with van der Waals surface area (Å²) in [7, 11) is 0. The molecule has 3 aliphatic heterocycles. The Hall–Kier alpha value is -1.44. The molecule has 148 valence electrons. The average Bonchev–Trinajstić information content (AvgIpc) is 3.12. The second-order valence-corrected chi connectivity index (χ2v) is 9.21. The zero-order valence-electron chi connectivity index (χ0n) is 16.2. The number of hydrogen-bond acceptors (Lipinski definition) is 5. The van der Waals surface area contributed by atoms with Crippen LogP contribution >= 0.6 is 11.3 Å². The van der Waals surface area contributed by atoms with Crippen LogP contribution in [0, 0.1) is 0 Å². The summed E-state index contributed by atoms with van der Waals surface area (Å²) in [5.74, 6) is 0.0878. The summed E-state index contributed by atoms with van der Waals surface area (Å²) in [6.07, 6.45) is 4.67. The van der Waals surface area contributed by atoms with Crippen molar-refractivity contribution in [2.75, 3.05) is 32.7 Å². The minimum atomic E-state index is -0.338. The van der Waals surface area contributed by atoms with E-state index in [4.69, 9.17) is 0 Å². The summed E-state index contributed by atoms with van der Waals surface area (Å²) >= 11 is 1.89. The van der Waals surface area contributed by atoms with Gasteiger partial charge in [-0.2, -0.15) is 0 Å². The topological polar surface area (TPSA) is 55.9 Å². The average molecular weight is 391 g/mol. The second-order valence-electron chi connectivity index (χ2n) is 7.96. The lowest BCUT2D eigenvalue weighted by Gasteiger charge is -2.45.